The van der Waals surface area contributed by atoms with Crippen LogP contribution in [0.25, 0.3) is 0 Å². The second-order valence-corrected chi connectivity index (χ2v) is 6.07. The highest BCUT2D eigenvalue weighted by molar-refractivity contribution is 7.18. The minimum atomic E-state index is -3.04. The average Bonchev–Trinajstić information content (AvgIpc) is 2.97. The van der Waals surface area contributed by atoms with Crippen LogP contribution in [0.15, 0.2) is 48.5 Å². The molecule has 0 aliphatic heterocycles. The van der Waals surface area contributed by atoms with Crippen molar-refractivity contribution in [3.63, 3.8) is 0 Å². The van der Waals surface area contributed by atoms with E-state index in [1.165, 1.54) is 12.1 Å². The number of thiazole rings is 1. The lowest BCUT2D eigenvalue weighted by molar-refractivity contribution is -0.0499. The van der Waals surface area contributed by atoms with Crippen molar-refractivity contribution >= 4 is 33.8 Å². The standard InChI is InChI=1S/C17H12F3N3O2S/c18-11-8-10(25-16(19)20)6-7-12(11)22-17-23-15(21)14(26-17)13(24)9-4-2-1-3-5-9/h1-8,16H,21H2,(H,22,23). The Labute approximate surface area is 150 Å². The number of hydrogen-bond acceptors (Lipinski definition) is 6. The summed E-state index contributed by atoms with van der Waals surface area (Å²) in [6.07, 6.45) is 0. The number of halogens is 3. The maximum Gasteiger partial charge on any atom is 0.387 e. The van der Waals surface area contributed by atoms with Crippen molar-refractivity contribution in [2.24, 2.45) is 0 Å². The van der Waals surface area contributed by atoms with E-state index in [-0.39, 0.29) is 33.0 Å². The molecule has 26 heavy (non-hydrogen) atoms. The number of ketones is 1. The highest BCUT2D eigenvalue weighted by atomic mass is 32.1. The molecule has 0 saturated heterocycles. The molecule has 0 atom stereocenters. The topological polar surface area (TPSA) is 77.2 Å². The summed E-state index contributed by atoms with van der Waals surface area (Å²) in [6, 6.07) is 11.8. The molecule has 0 saturated carbocycles. The third-order valence-electron chi connectivity index (χ3n) is 3.30. The number of carbonyl (C=O) groups is 1. The lowest BCUT2D eigenvalue weighted by Crippen LogP contribution is -2.02. The predicted octanol–water partition coefficient (Wildman–Crippen LogP) is 4.44. The van der Waals surface area contributed by atoms with E-state index in [0.29, 0.717) is 5.56 Å². The summed E-state index contributed by atoms with van der Waals surface area (Å²) in [5.74, 6) is -1.39. The van der Waals surface area contributed by atoms with Crippen molar-refractivity contribution in [3.8, 4) is 5.75 Å². The second-order valence-electron chi connectivity index (χ2n) is 5.07. The van der Waals surface area contributed by atoms with Gasteiger partial charge in [-0.2, -0.15) is 8.78 Å². The molecule has 9 heteroatoms. The van der Waals surface area contributed by atoms with E-state index in [1.54, 1.807) is 30.3 Å². The van der Waals surface area contributed by atoms with Crippen LogP contribution in [0.5, 0.6) is 5.75 Å². The van der Waals surface area contributed by atoms with E-state index in [1.807, 2.05) is 0 Å². The monoisotopic (exact) mass is 379 g/mol. The van der Waals surface area contributed by atoms with Crippen LogP contribution in [-0.4, -0.2) is 17.4 Å². The molecule has 0 fully saturated rings. The first-order chi connectivity index (χ1) is 12.4. The van der Waals surface area contributed by atoms with Crippen LogP contribution in [0.2, 0.25) is 0 Å². The maximum absolute atomic E-state index is 14.0. The van der Waals surface area contributed by atoms with Gasteiger partial charge < -0.3 is 15.8 Å². The number of nitrogen functional groups attached to an aromatic ring is 1. The van der Waals surface area contributed by atoms with E-state index in [9.17, 15) is 18.0 Å². The number of carbonyl (C=O) groups excluding carboxylic acids is 1. The normalized spacial score (nSPS) is 10.8. The number of nitrogens with one attached hydrogen (secondary N) is 1. The van der Waals surface area contributed by atoms with Crippen LogP contribution in [0.3, 0.4) is 0 Å². The summed E-state index contributed by atoms with van der Waals surface area (Å²) in [7, 11) is 0. The molecule has 0 amide bonds. The molecule has 0 aliphatic rings. The zero-order valence-electron chi connectivity index (χ0n) is 13.1. The highest BCUT2D eigenvalue weighted by Crippen LogP contribution is 2.31. The molecule has 3 aromatic rings. The minimum absolute atomic E-state index is 0.0147. The van der Waals surface area contributed by atoms with Gasteiger partial charge in [-0.25, -0.2) is 9.37 Å². The van der Waals surface area contributed by atoms with Crippen LogP contribution >= 0.6 is 11.3 Å². The van der Waals surface area contributed by atoms with Gasteiger partial charge in [0.1, 0.15) is 22.3 Å². The predicted molar refractivity (Wildman–Crippen MR) is 92.7 cm³/mol. The molecule has 0 bridgehead atoms. The molecule has 0 spiro atoms. The number of nitrogens with zero attached hydrogens (tertiary/aromatic N) is 1. The van der Waals surface area contributed by atoms with Crippen LogP contribution in [-0.2, 0) is 0 Å². The van der Waals surface area contributed by atoms with Crippen molar-refractivity contribution in [2.75, 3.05) is 11.1 Å². The van der Waals surface area contributed by atoms with Gasteiger partial charge >= 0.3 is 6.61 Å². The Hall–Kier alpha value is -3.07. The van der Waals surface area contributed by atoms with Gasteiger partial charge in [0.2, 0.25) is 5.78 Å². The number of rotatable bonds is 6. The molecule has 0 unspecified atom stereocenters. The van der Waals surface area contributed by atoms with Gasteiger partial charge in [-0.05, 0) is 12.1 Å². The van der Waals surface area contributed by atoms with Gasteiger partial charge in [-0.15, -0.1) is 0 Å². The fourth-order valence-electron chi connectivity index (χ4n) is 2.16. The molecule has 3 rings (SSSR count). The molecule has 0 aliphatic carbocycles. The van der Waals surface area contributed by atoms with E-state index >= 15 is 0 Å². The Morgan fingerprint density at radius 3 is 2.58 bits per heavy atom. The summed E-state index contributed by atoms with van der Waals surface area (Å²) in [5, 5.41) is 2.87. The van der Waals surface area contributed by atoms with E-state index in [0.717, 1.165) is 17.4 Å². The van der Waals surface area contributed by atoms with Gasteiger partial charge in [0, 0.05) is 11.6 Å². The first-order valence-corrected chi connectivity index (χ1v) is 8.13. The molecule has 2 aromatic carbocycles. The molecule has 1 heterocycles. The van der Waals surface area contributed by atoms with Crippen molar-refractivity contribution in [1.29, 1.82) is 0 Å². The third-order valence-corrected chi connectivity index (χ3v) is 4.29. The smallest absolute Gasteiger partial charge is 0.387 e. The first kappa shape index (κ1) is 17.7. The molecule has 134 valence electrons. The lowest BCUT2D eigenvalue weighted by atomic mass is 10.1. The summed E-state index contributed by atoms with van der Waals surface area (Å²) < 4.78 is 42.4. The molecular weight excluding hydrogens is 367 g/mol. The summed E-state index contributed by atoms with van der Waals surface area (Å²) >= 11 is 0.966. The SMILES string of the molecule is Nc1nc(Nc2ccc(OC(F)F)cc2F)sc1C(=O)c1ccccc1. The van der Waals surface area contributed by atoms with Gasteiger partial charge in [0.15, 0.2) is 5.13 Å². The number of benzene rings is 2. The maximum atomic E-state index is 14.0. The molecule has 1 aromatic heterocycles. The summed E-state index contributed by atoms with van der Waals surface area (Å²) in [4.78, 5) is 16.7. The Balaban J connectivity index is 1.81. The largest absolute Gasteiger partial charge is 0.435 e. The van der Waals surface area contributed by atoms with Gasteiger partial charge in [0.25, 0.3) is 0 Å². The lowest BCUT2D eigenvalue weighted by Gasteiger charge is -2.07. The Morgan fingerprint density at radius 1 is 1.19 bits per heavy atom. The van der Waals surface area contributed by atoms with Crippen molar-refractivity contribution < 1.29 is 22.7 Å². The Kier molecular flexibility index (Phi) is 5.08. The Bertz CT molecular complexity index is 932. The highest BCUT2D eigenvalue weighted by Gasteiger charge is 2.18. The van der Waals surface area contributed by atoms with Crippen LogP contribution in [0.4, 0.5) is 29.8 Å². The zero-order valence-corrected chi connectivity index (χ0v) is 13.9. The number of ether oxygens (including phenoxy) is 1. The molecular formula is C17H12F3N3O2S. The quantitative estimate of drug-likeness (QED) is 0.619. The number of aromatic nitrogens is 1. The van der Waals surface area contributed by atoms with Crippen molar-refractivity contribution in [2.45, 2.75) is 6.61 Å². The van der Waals surface area contributed by atoms with Gasteiger partial charge in [-0.3, -0.25) is 4.79 Å². The van der Waals surface area contributed by atoms with Gasteiger partial charge in [0.05, 0.1) is 5.69 Å². The third kappa shape index (κ3) is 3.94. The molecule has 5 nitrogen and oxygen atoms in total. The average molecular weight is 379 g/mol. The number of nitrogens with two attached hydrogens (primary N) is 1. The van der Waals surface area contributed by atoms with Crippen molar-refractivity contribution in [1.82, 2.24) is 4.98 Å². The van der Waals surface area contributed by atoms with Gasteiger partial charge in [-0.1, -0.05) is 41.7 Å². The van der Waals surface area contributed by atoms with E-state index in [2.05, 4.69) is 15.0 Å². The zero-order chi connectivity index (χ0) is 18.7. The summed E-state index contributed by atoms with van der Waals surface area (Å²) in [6.45, 7) is -3.04. The number of anilines is 3. The van der Waals surface area contributed by atoms with Crippen LogP contribution in [0.1, 0.15) is 15.2 Å². The molecule has 0 radical (unpaired) electrons. The number of hydrogen-bond donors (Lipinski definition) is 2. The minimum Gasteiger partial charge on any atom is -0.435 e. The van der Waals surface area contributed by atoms with Crippen molar-refractivity contribution in [3.05, 3.63) is 64.8 Å². The first-order valence-electron chi connectivity index (χ1n) is 7.31. The van der Waals surface area contributed by atoms with Crippen LogP contribution in [0, 0.1) is 5.82 Å². The van der Waals surface area contributed by atoms with E-state index < -0.39 is 12.4 Å². The second kappa shape index (κ2) is 7.44. The fraction of sp³-hybridized carbons (Fsp3) is 0.0588. The summed E-state index contributed by atoms with van der Waals surface area (Å²) in [5.41, 5.74) is 6.23. The Morgan fingerprint density at radius 2 is 1.92 bits per heavy atom. The van der Waals surface area contributed by atoms with Crippen LogP contribution < -0.4 is 15.8 Å². The number of alkyl halides is 2. The van der Waals surface area contributed by atoms with E-state index in [4.69, 9.17) is 5.73 Å². The molecule has 3 N–H and O–H groups in total. The fourth-order valence-corrected chi connectivity index (χ4v) is 3.02.